The van der Waals surface area contributed by atoms with E-state index in [-0.39, 0.29) is 11.6 Å². The number of rotatable bonds is 10. The Kier molecular flexibility index (Phi) is 8.47. The second-order valence-corrected chi connectivity index (χ2v) is 14.2. The number of aryl methyl sites for hydroxylation is 2. The molecule has 50 heavy (non-hydrogen) atoms. The molecule has 10 nitrogen and oxygen atoms in total. The van der Waals surface area contributed by atoms with Crippen molar-refractivity contribution in [3.05, 3.63) is 124 Å². The maximum Gasteiger partial charge on any atom is 0.355 e. The van der Waals surface area contributed by atoms with Gasteiger partial charge in [-0.05, 0) is 91.9 Å². The lowest BCUT2D eigenvalue weighted by Crippen LogP contribution is -2.32. The average molecular weight is 701 g/mol. The molecule has 4 aromatic carbocycles. The van der Waals surface area contributed by atoms with E-state index < -0.39 is 5.97 Å². The summed E-state index contributed by atoms with van der Waals surface area (Å²) >= 11 is 2.84. The molecule has 3 aromatic heterocycles. The van der Waals surface area contributed by atoms with Crippen molar-refractivity contribution >= 4 is 66.1 Å². The second kappa shape index (κ2) is 13.4. The van der Waals surface area contributed by atoms with Crippen LogP contribution in [0.2, 0.25) is 0 Å². The first-order valence-corrected chi connectivity index (χ1v) is 18.0. The average Bonchev–Trinajstić information content (AvgIpc) is 3.84. The van der Waals surface area contributed by atoms with E-state index in [0.717, 1.165) is 56.1 Å². The minimum atomic E-state index is -1.05. The largest absolute Gasteiger partial charge is 0.494 e. The number of anilines is 2. The molecule has 1 amide bonds. The topological polar surface area (TPSA) is 122 Å². The highest BCUT2D eigenvalue weighted by atomic mass is 32.1. The van der Waals surface area contributed by atoms with Gasteiger partial charge in [-0.2, -0.15) is 0 Å². The van der Waals surface area contributed by atoms with E-state index in [2.05, 4.69) is 35.8 Å². The number of carboxylic acids is 1. The van der Waals surface area contributed by atoms with Gasteiger partial charge in [0, 0.05) is 29.2 Å². The fraction of sp³-hybridized carbons (Fsp3) is 0.184. The number of carboxylic acid groups (broad SMARTS) is 1. The molecule has 0 atom stereocenters. The summed E-state index contributed by atoms with van der Waals surface area (Å²) in [5.74, 6) is 0.399. The van der Waals surface area contributed by atoms with Crippen LogP contribution >= 0.6 is 22.7 Å². The molecule has 12 heteroatoms. The number of fused-ring (bicyclic) bond motifs is 3. The number of nitrogens with zero attached hydrogens (tertiary/aromatic N) is 5. The molecular weight excluding hydrogens is 669 g/mol. The van der Waals surface area contributed by atoms with E-state index in [0.29, 0.717) is 53.2 Å². The number of amides is 1. The molecule has 8 rings (SSSR count). The summed E-state index contributed by atoms with van der Waals surface area (Å²) in [5, 5.41) is 14.2. The molecule has 0 radical (unpaired) electrons. The van der Waals surface area contributed by atoms with Crippen LogP contribution in [0, 0.1) is 6.92 Å². The Labute approximate surface area is 295 Å². The Balaban J connectivity index is 0.922. The van der Waals surface area contributed by atoms with Gasteiger partial charge >= 0.3 is 5.97 Å². The fourth-order valence-corrected chi connectivity index (χ4v) is 8.42. The number of hydrogen-bond acceptors (Lipinski definition) is 9. The van der Waals surface area contributed by atoms with Gasteiger partial charge in [0.1, 0.15) is 11.6 Å². The molecule has 0 unspecified atom stereocenters. The highest BCUT2D eigenvalue weighted by Crippen LogP contribution is 2.33. The van der Waals surface area contributed by atoms with Crippen LogP contribution in [-0.4, -0.2) is 49.7 Å². The summed E-state index contributed by atoms with van der Waals surface area (Å²) in [6.45, 7) is 3.56. The Morgan fingerprint density at radius 3 is 2.52 bits per heavy atom. The lowest BCUT2D eigenvalue weighted by molar-refractivity contribution is 0.0690. The number of aromatic nitrogens is 4. The molecule has 2 N–H and O–H groups in total. The van der Waals surface area contributed by atoms with E-state index in [9.17, 15) is 14.7 Å². The summed E-state index contributed by atoms with van der Waals surface area (Å²) in [6, 6.07) is 29.5. The third kappa shape index (κ3) is 6.19. The molecular formula is C38H32N6O4S2. The Hall–Kier alpha value is -5.59. The minimum absolute atomic E-state index is 0.0740. The first kappa shape index (κ1) is 31.7. The van der Waals surface area contributed by atoms with E-state index in [1.807, 2.05) is 91.9 Å². The summed E-state index contributed by atoms with van der Waals surface area (Å²) in [4.78, 5) is 42.2. The van der Waals surface area contributed by atoms with Gasteiger partial charge in [0.2, 0.25) is 0 Å². The zero-order valence-electron chi connectivity index (χ0n) is 27.1. The Bertz CT molecular complexity index is 2350. The molecule has 0 bridgehead atoms. The molecule has 4 heterocycles. The normalized spacial score (nSPS) is 12.7. The lowest BCUT2D eigenvalue weighted by atomic mass is 9.94. The lowest BCUT2D eigenvalue weighted by Gasteiger charge is -2.29. The standard InChI is InChI=1S/C38H32N6O4S2/c1-23-39-29-10-2-4-12-31(29)44(23)25-15-17-26(18-16-25)48-21-7-14-33-34(36(46)47)41-38(50-33)43-20-19-24-8-6-9-27(28(24)22-43)35(45)42-37-40-30-11-3-5-13-32(30)49-37/h2-6,8-13,15-18H,7,14,19-22H2,1H3,(H,46,47)(H,40,42,45). The second-order valence-electron chi connectivity index (χ2n) is 12.1. The highest BCUT2D eigenvalue weighted by molar-refractivity contribution is 7.22. The third-order valence-electron chi connectivity index (χ3n) is 8.83. The van der Waals surface area contributed by atoms with Crippen molar-refractivity contribution in [1.82, 2.24) is 19.5 Å². The van der Waals surface area contributed by atoms with Crippen molar-refractivity contribution in [3.63, 3.8) is 0 Å². The summed E-state index contributed by atoms with van der Waals surface area (Å²) < 4.78 is 9.16. The van der Waals surface area contributed by atoms with E-state index >= 15 is 0 Å². The number of carbonyl (C=O) groups is 2. The van der Waals surface area contributed by atoms with Gasteiger partial charge < -0.3 is 14.7 Å². The van der Waals surface area contributed by atoms with Gasteiger partial charge in [0.25, 0.3) is 5.91 Å². The molecule has 0 saturated carbocycles. The van der Waals surface area contributed by atoms with Crippen LogP contribution in [0.3, 0.4) is 0 Å². The molecule has 0 spiro atoms. The predicted molar refractivity (Wildman–Crippen MR) is 197 cm³/mol. The van der Waals surface area contributed by atoms with Crippen LogP contribution in [0.15, 0.2) is 91.0 Å². The number of hydrogen-bond donors (Lipinski definition) is 2. The first-order chi connectivity index (χ1) is 24.4. The fourth-order valence-electron chi connectivity index (χ4n) is 6.44. The first-order valence-electron chi connectivity index (χ1n) is 16.3. The quantitative estimate of drug-likeness (QED) is 0.138. The number of para-hydroxylation sites is 3. The van der Waals surface area contributed by atoms with Crippen molar-refractivity contribution in [2.24, 2.45) is 0 Å². The summed E-state index contributed by atoms with van der Waals surface area (Å²) in [5.41, 5.74) is 6.54. The predicted octanol–water partition coefficient (Wildman–Crippen LogP) is 7.92. The van der Waals surface area contributed by atoms with Crippen LogP contribution in [0.4, 0.5) is 10.3 Å². The molecule has 250 valence electrons. The highest BCUT2D eigenvalue weighted by Gasteiger charge is 2.27. The summed E-state index contributed by atoms with van der Waals surface area (Å²) in [7, 11) is 0. The van der Waals surface area contributed by atoms with Crippen molar-refractivity contribution in [3.8, 4) is 11.4 Å². The maximum atomic E-state index is 13.5. The van der Waals surface area contributed by atoms with Crippen molar-refractivity contribution < 1.29 is 19.4 Å². The third-order valence-corrected chi connectivity index (χ3v) is 11.0. The molecule has 1 aliphatic rings. The smallest absolute Gasteiger partial charge is 0.355 e. The van der Waals surface area contributed by atoms with Crippen LogP contribution in [0.1, 0.15) is 49.1 Å². The monoisotopic (exact) mass is 700 g/mol. The number of carbonyl (C=O) groups excluding carboxylic acids is 1. The van der Waals surface area contributed by atoms with Gasteiger partial charge in [-0.1, -0.05) is 47.7 Å². The van der Waals surface area contributed by atoms with E-state index in [4.69, 9.17) is 4.74 Å². The Morgan fingerprint density at radius 1 is 0.900 bits per heavy atom. The number of imidazole rings is 1. The van der Waals surface area contributed by atoms with E-state index in [1.54, 1.807) is 0 Å². The molecule has 7 aromatic rings. The van der Waals surface area contributed by atoms with Gasteiger partial charge in [-0.25, -0.2) is 19.7 Å². The SMILES string of the molecule is Cc1nc2ccccc2n1-c1ccc(OCCCc2sc(N3CCc4cccc(C(=O)Nc5nc6ccccc6s5)c4C3)nc2C(=O)O)cc1. The molecule has 1 aliphatic heterocycles. The van der Waals surface area contributed by atoms with Crippen LogP contribution in [0.25, 0.3) is 26.9 Å². The van der Waals surface area contributed by atoms with Gasteiger partial charge in [0.05, 0.1) is 27.9 Å². The molecule has 0 aliphatic carbocycles. The van der Waals surface area contributed by atoms with Gasteiger partial charge in [-0.15, -0.1) is 11.3 Å². The number of ether oxygens (including phenoxy) is 1. The molecule has 0 saturated heterocycles. The van der Waals surface area contributed by atoms with Gasteiger partial charge in [-0.3, -0.25) is 14.7 Å². The van der Waals surface area contributed by atoms with Crippen LogP contribution in [0.5, 0.6) is 5.75 Å². The van der Waals surface area contributed by atoms with Crippen LogP contribution < -0.4 is 15.0 Å². The summed E-state index contributed by atoms with van der Waals surface area (Å²) in [6.07, 6.45) is 1.88. The van der Waals surface area contributed by atoms with Crippen molar-refractivity contribution in [2.75, 3.05) is 23.4 Å². The van der Waals surface area contributed by atoms with Crippen molar-refractivity contribution in [1.29, 1.82) is 0 Å². The van der Waals surface area contributed by atoms with Gasteiger partial charge in [0.15, 0.2) is 16.0 Å². The van der Waals surface area contributed by atoms with Crippen molar-refractivity contribution in [2.45, 2.75) is 32.7 Å². The minimum Gasteiger partial charge on any atom is -0.494 e. The molecule has 0 fully saturated rings. The zero-order valence-corrected chi connectivity index (χ0v) is 28.8. The number of benzene rings is 4. The maximum absolute atomic E-state index is 13.5. The zero-order chi connectivity index (χ0) is 34.2. The Morgan fingerprint density at radius 2 is 1.70 bits per heavy atom. The number of nitrogens with one attached hydrogen (secondary N) is 1. The van der Waals surface area contributed by atoms with E-state index in [1.165, 1.54) is 22.7 Å². The number of aromatic carboxylic acids is 1. The number of thiazole rings is 2. The van der Waals surface area contributed by atoms with Crippen LogP contribution in [-0.2, 0) is 19.4 Å².